The third kappa shape index (κ3) is 1.85. The molecule has 1 fully saturated rings. The third-order valence-electron chi connectivity index (χ3n) is 2.40. The molecule has 1 N–H and O–H groups in total. The van der Waals surface area contributed by atoms with E-state index in [9.17, 15) is 0 Å². The minimum absolute atomic E-state index is 0.660. The highest BCUT2D eigenvalue weighted by molar-refractivity contribution is 4.79. The lowest BCUT2D eigenvalue weighted by molar-refractivity contribution is 0.363. The Balaban J connectivity index is 1.86. The molecule has 1 unspecified atom stereocenters. The Hall–Kier alpha value is -0.830. The van der Waals surface area contributed by atoms with Crippen molar-refractivity contribution in [2.75, 3.05) is 6.54 Å². The van der Waals surface area contributed by atoms with Gasteiger partial charge in [0.2, 0.25) is 0 Å². The quantitative estimate of drug-likeness (QED) is 0.709. The first-order valence-electron chi connectivity index (χ1n) is 4.64. The van der Waals surface area contributed by atoms with E-state index in [-0.39, 0.29) is 0 Å². The molecular weight excluding hydrogens is 150 g/mol. The van der Waals surface area contributed by atoms with Crippen LogP contribution in [0.5, 0.6) is 0 Å². The number of nitrogens with one attached hydrogen (secondary N) is 1. The van der Waals surface area contributed by atoms with E-state index in [0.717, 1.165) is 6.54 Å². The van der Waals surface area contributed by atoms with Crippen LogP contribution in [-0.4, -0.2) is 22.1 Å². The van der Waals surface area contributed by atoms with Crippen molar-refractivity contribution in [3.05, 3.63) is 18.7 Å². The topological polar surface area (TPSA) is 29.9 Å². The van der Waals surface area contributed by atoms with Crippen LogP contribution in [0.2, 0.25) is 0 Å². The van der Waals surface area contributed by atoms with Crippen LogP contribution < -0.4 is 5.32 Å². The van der Waals surface area contributed by atoms with Crippen molar-refractivity contribution < 1.29 is 0 Å². The van der Waals surface area contributed by atoms with E-state index < -0.39 is 0 Å². The van der Waals surface area contributed by atoms with Gasteiger partial charge in [0.25, 0.3) is 0 Å². The minimum Gasteiger partial charge on any atom is -0.336 e. The number of imidazole rings is 1. The normalized spacial score (nSPS) is 24.2. The van der Waals surface area contributed by atoms with Gasteiger partial charge in [-0.2, -0.15) is 0 Å². The third-order valence-corrected chi connectivity index (χ3v) is 2.40. The summed E-state index contributed by atoms with van der Waals surface area (Å²) in [7, 11) is 0. The van der Waals surface area contributed by atoms with E-state index in [0.29, 0.717) is 6.04 Å². The summed E-state index contributed by atoms with van der Waals surface area (Å²) >= 11 is 0. The first-order valence-corrected chi connectivity index (χ1v) is 4.64. The van der Waals surface area contributed by atoms with E-state index in [1.807, 2.05) is 18.7 Å². The molecule has 66 valence electrons. The number of piperidine rings is 1. The lowest BCUT2D eigenvalue weighted by Crippen LogP contribution is -2.37. The number of aromatic nitrogens is 2. The van der Waals surface area contributed by atoms with Gasteiger partial charge in [-0.25, -0.2) is 4.98 Å². The Labute approximate surface area is 72.8 Å². The summed E-state index contributed by atoms with van der Waals surface area (Å²) < 4.78 is 2.14. The van der Waals surface area contributed by atoms with Gasteiger partial charge in [-0.1, -0.05) is 6.42 Å². The van der Waals surface area contributed by atoms with Crippen LogP contribution in [0, 0.1) is 0 Å². The van der Waals surface area contributed by atoms with Crippen LogP contribution in [0.25, 0.3) is 0 Å². The number of nitrogens with zero attached hydrogens (tertiary/aromatic N) is 2. The highest BCUT2D eigenvalue weighted by Crippen LogP contribution is 2.08. The first kappa shape index (κ1) is 7.80. The molecule has 1 atom stereocenters. The average molecular weight is 165 g/mol. The zero-order chi connectivity index (χ0) is 8.23. The van der Waals surface area contributed by atoms with Crippen LogP contribution >= 0.6 is 0 Å². The SMILES string of the molecule is c1cn(CC2CCCCN2)cn1. The van der Waals surface area contributed by atoms with Crippen molar-refractivity contribution in [1.29, 1.82) is 0 Å². The maximum absolute atomic E-state index is 4.02. The van der Waals surface area contributed by atoms with Crippen molar-refractivity contribution in [3.63, 3.8) is 0 Å². The molecule has 0 amide bonds. The molecule has 0 aromatic carbocycles. The van der Waals surface area contributed by atoms with Crippen molar-refractivity contribution in [3.8, 4) is 0 Å². The monoisotopic (exact) mass is 165 g/mol. The first-order chi connectivity index (χ1) is 5.95. The summed E-state index contributed by atoms with van der Waals surface area (Å²) in [5.74, 6) is 0. The van der Waals surface area contributed by atoms with Crippen molar-refractivity contribution in [2.45, 2.75) is 31.8 Å². The molecule has 1 saturated heterocycles. The molecule has 0 spiro atoms. The smallest absolute Gasteiger partial charge is 0.0946 e. The fraction of sp³-hybridized carbons (Fsp3) is 0.667. The second-order valence-electron chi connectivity index (χ2n) is 3.41. The predicted molar refractivity (Wildman–Crippen MR) is 47.9 cm³/mol. The molecule has 3 heteroatoms. The number of hydrogen-bond donors (Lipinski definition) is 1. The fourth-order valence-electron chi connectivity index (χ4n) is 1.73. The highest BCUT2D eigenvalue weighted by atomic mass is 15.1. The second-order valence-corrected chi connectivity index (χ2v) is 3.41. The van der Waals surface area contributed by atoms with Gasteiger partial charge in [-0.3, -0.25) is 0 Å². The Kier molecular flexibility index (Phi) is 2.42. The second kappa shape index (κ2) is 3.72. The molecule has 1 aliphatic rings. The Morgan fingerprint density at radius 1 is 1.50 bits per heavy atom. The zero-order valence-electron chi connectivity index (χ0n) is 7.24. The van der Waals surface area contributed by atoms with Crippen LogP contribution in [0.1, 0.15) is 19.3 Å². The van der Waals surface area contributed by atoms with Crippen LogP contribution in [0.3, 0.4) is 0 Å². The number of hydrogen-bond acceptors (Lipinski definition) is 2. The molecule has 2 rings (SSSR count). The Bertz CT molecular complexity index is 212. The lowest BCUT2D eigenvalue weighted by Gasteiger charge is -2.23. The molecule has 0 saturated carbocycles. The molecule has 3 nitrogen and oxygen atoms in total. The summed E-state index contributed by atoms with van der Waals surface area (Å²) in [4.78, 5) is 4.02. The minimum atomic E-state index is 0.660. The summed E-state index contributed by atoms with van der Waals surface area (Å²) in [5, 5.41) is 3.51. The lowest BCUT2D eigenvalue weighted by atomic mass is 10.1. The largest absolute Gasteiger partial charge is 0.336 e. The summed E-state index contributed by atoms with van der Waals surface area (Å²) in [6.45, 7) is 2.25. The predicted octanol–water partition coefficient (Wildman–Crippen LogP) is 1.03. The highest BCUT2D eigenvalue weighted by Gasteiger charge is 2.11. The molecule has 1 aromatic heterocycles. The van der Waals surface area contributed by atoms with Crippen LogP contribution in [0.4, 0.5) is 0 Å². The standard InChI is InChI=1S/C9H15N3/c1-2-4-11-9(3-1)7-12-6-5-10-8-12/h5-6,8-9,11H,1-4,7H2. The van der Waals surface area contributed by atoms with E-state index >= 15 is 0 Å². The Morgan fingerprint density at radius 3 is 3.17 bits per heavy atom. The van der Waals surface area contributed by atoms with Gasteiger partial charge in [-0.05, 0) is 19.4 Å². The van der Waals surface area contributed by atoms with Gasteiger partial charge < -0.3 is 9.88 Å². The summed E-state index contributed by atoms with van der Waals surface area (Å²) in [5.41, 5.74) is 0. The van der Waals surface area contributed by atoms with Crippen LogP contribution in [0.15, 0.2) is 18.7 Å². The molecule has 0 aliphatic carbocycles. The van der Waals surface area contributed by atoms with Crippen LogP contribution in [-0.2, 0) is 6.54 Å². The van der Waals surface area contributed by atoms with Crippen molar-refractivity contribution >= 4 is 0 Å². The maximum Gasteiger partial charge on any atom is 0.0946 e. The van der Waals surface area contributed by atoms with Gasteiger partial charge in [0.1, 0.15) is 0 Å². The average Bonchev–Trinajstić information content (AvgIpc) is 2.59. The molecule has 0 bridgehead atoms. The van der Waals surface area contributed by atoms with Crippen molar-refractivity contribution in [2.24, 2.45) is 0 Å². The van der Waals surface area contributed by atoms with Gasteiger partial charge >= 0.3 is 0 Å². The van der Waals surface area contributed by atoms with E-state index in [4.69, 9.17) is 0 Å². The summed E-state index contributed by atoms with van der Waals surface area (Å²) in [6, 6.07) is 0.660. The maximum atomic E-state index is 4.02. The zero-order valence-corrected chi connectivity index (χ0v) is 7.24. The number of rotatable bonds is 2. The van der Waals surface area contributed by atoms with Crippen molar-refractivity contribution in [1.82, 2.24) is 14.9 Å². The molecule has 2 heterocycles. The van der Waals surface area contributed by atoms with E-state index in [1.165, 1.54) is 25.8 Å². The fourth-order valence-corrected chi connectivity index (χ4v) is 1.73. The van der Waals surface area contributed by atoms with Gasteiger partial charge in [0.15, 0.2) is 0 Å². The summed E-state index contributed by atoms with van der Waals surface area (Å²) in [6.07, 6.45) is 9.75. The Morgan fingerprint density at radius 2 is 2.50 bits per heavy atom. The van der Waals surface area contributed by atoms with Gasteiger partial charge in [-0.15, -0.1) is 0 Å². The molecule has 1 aromatic rings. The molecule has 12 heavy (non-hydrogen) atoms. The molecule has 1 aliphatic heterocycles. The molecular formula is C9H15N3. The van der Waals surface area contributed by atoms with Gasteiger partial charge in [0, 0.05) is 25.0 Å². The van der Waals surface area contributed by atoms with E-state index in [1.54, 1.807) is 0 Å². The molecule has 0 radical (unpaired) electrons. The van der Waals surface area contributed by atoms with Gasteiger partial charge in [0.05, 0.1) is 6.33 Å². The van der Waals surface area contributed by atoms with E-state index in [2.05, 4.69) is 14.9 Å².